The number of rotatable bonds is 9. The van der Waals surface area contributed by atoms with E-state index in [1.807, 2.05) is 33.8 Å². The maximum absolute atomic E-state index is 14.8. The highest BCUT2D eigenvalue weighted by Gasteiger charge is 2.23. The molecule has 1 atom stereocenters. The number of aromatic carboxylic acids is 1. The number of aliphatic hydroxyl groups is 1. The molecule has 0 fully saturated rings. The van der Waals surface area contributed by atoms with Crippen molar-refractivity contribution in [2.75, 3.05) is 6.61 Å². The molecule has 1 unspecified atom stereocenters. The van der Waals surface area contributed by atoms with Crippen LogP contribution < -0.4 is 10.2 Å². The van der Waals surface area contributed by atoms with Gasteiger partial charge < -0.3 is 19.5 Å². The first-order valence-corrected chi connectivity index (χ1v) is 13.1. The molecule has 4 aromatic rings. The van der Waals surface area contributed by atoms with Crippen molar-refractivity contribution in [3.63, 3.8) is 0 Å². The van der Waals surface area contributed by atoms with Gasteiger partial charge >= 0.3 is 5.97 Å². The normalized spacial score (nSPS) is 11.7. The number of aliphatic hydroxyl groups excluding tert-OH is 1. The SMILES string of the molecule is CC.CC(C)C(CO)n1cc(C(=O)O)c(=O)c2cc(Cc3cccc(Cl)c3F)c(OCc3cccnc3)cc21. The molecule has 2 aromatic carbocycles. The van der Waals surface area contributed by atoms with Crippen LogP contribution in [0.4, 0.5) is 4.39 Å². The number of hydrogen-bond donors (Lipinski definition) is 2. The van der Waals surface area contributed by atoms with Crippen LogP contribution in [0.5, 0.6) is 5.75 Å². The Morgan fingerprint density at radius 2 is 1.90 bits per heavy atom. The van der Waals surface area contributed by atoms with Crippen LogP contribution in [0.3, 0.4) is 0 Å². The van der Waals surface area contributed by atoms with Crippen molar-refractivity contribution in [2.24, 2.45) is 5.92 Å². The monoisotopic (exact) mass is 554 g/mol. The summed E-state index contributed by atoms with van der Waals surface area (Å²) in [6, 6.07) is 11.0. The Hall–Kier alpha value is -3.75. The van der Waals surface area contributed by atoms with Crippen LogP contribution in [0.2, 0.25) is 5.02 Å². The molecule has 7 nitrogen and oxygen atoms in total. The van der Waals surface area contributed by atoms with Gasteiger partial charge in [0.05, 0.1) is 23.2 Å². The molecule has 0 bridgehead atoms. The van der Waals surface area contributed by atoms with Gasteiger partial charge in [0.2, 0.25) is 5.43 Å². The average molecular weight is 555 g/mol. The van der Waals surface area contributed by atoms with Crippen molar-refractivity contribution in [1.29, 1.82) is 0 Å². The minimum atomic E-state index is -1.37. The zero-order chi connectivity index (χ0) is 28.7. The largest absolute Gasteiger partial charge is 0.488 e. The zero-order valence-corrected chi connectivity index (χ0v) is 23.1. The summed E-state index contributed by atoms with van der Waals surface area (Å²) >= 11 is 5.98. The number of nitrogens with zero attached hydrogens (tertiary/aromatic N) is 2. The fraction of sp³-hybridized carbons (Fsp3) is 0.300. The van der Waals surface area contributed by atoms with Crippen LogP contribution in [0.1, 0.15) is 60.8 Å². The van der Waals surface area contributed by atoms with E-state index in [-0.39, 0.29) is 36.0 Å². The second-order valence-electron chi connectivity index (χ2n) is 9.10. The number of benzene rings is 2. The summed E-state index contributed by atoms with van der Waals surface area (Å²) in [5.74, 6) is -1.65. The number of carboxylic acids is 1. The summed E-state index contributed by atoms with van der Waals surface area (Å²) in [6.07, 6.45) is 4.61. The van der Waals surface area contributed by atoms with Crippen molar-refractivity contribution < 1.29 is 24.1 Å². The lowest BCUT2D eigenvalue weighted by atomic mass is 9.98. The minimum Gasteiger partial charge on any atom is -0.488 e. The highest BCUT2D eigenvalue weighted by atomic mass is 35.5. The number of carbonyl (C=O) groups is 1. The lowest BCUT2D eigenvalue weighted by Crippen LogP contribution is -2.25. The van der Waals surface area contributed by atoms with E-state index in [4.69, 9.17) is 16.3 Å². The van der Waals surface area contributed by atoms with Crippen LogP contribution in [0.15, 0.2) is 65.8 Å². The van der Waals surface area contributed by atoms with E-state index in [0.29, 0.717) is 22.4 Å². The van der Waals surface area contributed by atoms with Gasteiger partial charge in [-0.15, -0.1) is 0 Å². The first-order valence-electron chi connectivity index (χ1n) is 12.7. The zero-order valence-electron chi connectivity index (χ0n) is 22.3. The average Bonchev–Trinajstić information content (AvgIpc) is 2.93. The maximum atomic E-state index is 14.8. The van der Waals surface area contributed by atoms with E-state index in [1.165, 1.54) is 18.3 Å². The van der Waals surface area contributed by atoms with Gasteiger partial charge in [-0.3, -0.25) is 9.78 Å². The molecule has 0 radical (unpaired) electrons. The lowest BCUT2D eigenvalue weighted by molar-refractivity contribution is 0.0694. The number of aromatic nitrogens is 2. The number of hydrogen-bond acceptors (Lipinski definition) is 5. The van der Waals surface area contributed by atoms with Crippen LogP contribution in [-0.4, -0.2) is 32.3 Å². The molecule has 0 amide bonds. The molecule has 0 aliphatic carbocycles. The molecule has 4 rings (SSSR count). The molecule has 0 aliphatic rings. The van der Waals surface area contributed by atoms with E-state index in [2.05, 4.69) is 4.98 Å². The van der Waals surface area contributed by atoms with Crippen molar-refractivity contribution in [3.8, 4) is 5.75 Å². The van der Waals surface area contributed by atoms with Gasteiger partial charge in [0.1, 0.15) is 23.7 Å². The molecule has 0 saturated heterocycles. The second-order valence-corrected chi connectivity index (χ2v) is 9.50. The molecule has 206 valence electrons. The lowest BCUT2D eigenvalue weighted by Gasteiger charge is -2.25. The molecule has 2 heterocycles. The third-order valence-electron chi connectivity index (χ3n) is 6.29. The van der Waals surface area contributed by atoms with Crippen LogP contribution in [0, 0.1) is 11.7 Å². The summed E-state index contributed by atoms with van der Waals surface area (Å²) in [6.45, 7) is 7.67. The van der Waals surface area contributed by atoms with Gasteiger partial charge in [-0.2, -0.15) is 0 Å². The van der Waals surface area contributed by atoms with Crippen molar-refractivity contribution >= 4 is 28.5 Å². The third-order valence-corrected chi connectivity index (χ3v) is 6.58. The van der Waals surface area contributed by atoms with Crippen LogP contribution in [0.25, 0.3) is 10.9 Å². The van der Waals surface area contributed by atoms with Crippen LogP contribution >= 0.6 is 11.6 Å². The van der Waals surface area contributed by atoms with Gasteiger partial charge in [0, 0.05) is 42.0 Å². The third kappa shape index (κ3) is 6.64. The van der Waals surface area contributed by atoms with E-state index < -0.39 is 28.8 Å². The Balaban J connectivity index is 0.00000205. The van der Waals surface area contributed by atoms with E-state index in [1.54, 1.807) is 41.2 Å². The Morgan fingerprint density at radius 3 is 2.51 bits per heavy atom. The Bertz CT molecular complexity index is 1510. The molecule has 9 heteroatoms. The van der Waals surface area contributed by atoms with E-state index in [0.717, 1.165) is 5.56 Å². The highest BCUT2D eigenvalue weighted by molar-refractivity contribution is 6.30. The van der Waals surface area contributed by atoms with Gasteiger partial charge in [0.15, 0.2) is 0 Å². The van der Waals surface area contributed by atoms with E-state index in [9.17, 15) is 24.2 Å². The smallest absolute Gasteiger partial charge is 0.341 e. The number of ether oxygens (including phenoxy) is 1. The molecule has 2 N–H and O–H groups in total. The second kappa shape index (κ2) is 13.4. The molecule has 39 heavy (non-hydrogen) atoms. The minimum absolute atomic E-state index is 0.0330. The Labute approximate surface area is 231 Å². The summed E-state index contributed by atoms with van der Waals surface area (Å²) in [5.41, 5.74) is 0.883. The van der Waals surface area contributed by atoms with Gasteiger partial charge in [-0.05, 0) is 35.2 Å². The van der Waals surface area contributed by atoms with Gasteiger partial charge in [-0.25, -0.2) is 9.18 Å². The topological polar surface area (TPSA) is 102 Å². The van der Waals surface area contributed by atoms with Crippen LogP contribution in [-0.2, 0) is 13.0 Å². The molecule has 2 aromatic heterocycles. The summed E-state index contributed by atoms with van der Waals surface area (Å²) in [5, 5.41) is 19.9. The quantitative estimate of drug-likeness (QED) is 0.253. The van der Waals surface area contributed by atoms with E-state index >= 15 is 0 Å². The summed E-state index contributed by atoms with van der Waals surface area (Å²) < 4.78 is 22.5. The molecule has 0 saturated carbocycles. The summed E-state index contributed by atoms with van der Waals surface area (Å²) in [4.78, 5) is 29.2. The molecule has 0 spiro atoms. The first kappa shape index (κ1) is 29.8. The number of fused-ring (bicyclic) bond motifs is 1. The molecular weight excluding hydrogens is 523 g/mol. The van der Waals surface area contributed by atoms with Crippen molar-refractivity contribution in [3.05, 3.63) is 104 Å². The standard InChI is InChI=1S/C28H26ClFN2O5.C2H6/c1-16(2)24(14-33)32-13-21(28(35)36)27(34)20-10-19(9-18-6-3-7-22(29)26(18)30)25(11-23(20)32)37-15-17-5-4-8-31-12-17;1-2/h3-8,10-13,16,24,33H,9,14-15H2,1-2H3,(H,35,36);1-2H3. The highest BCUT2D eigenvalue weighted by Crippen LogP contribution is 2.32. The maximum Gasteiger partial charge on any atom is 0.341 e. The summed E-state index contributed by atoms with van der Waals surface area (Å²) in [7, 11) is 0. The predicted octanol–water partition coefficient (Wildman–Crippen LogP) is 6.27. The number of pyridine rings is 2. The fourth-order valence-corrected chi connectivity index (χ4v) is 4.47. The van der Waals surface area contributed by atoms with Gasteiger partial charge in [0.25, 0.3) is 0 Å². The molecular formula is C30H32ClFN2O5. The first-order chi connectivity index (χ1) is 18.7. The Kier molecular flexibility index (Phi) is 10.2. The number of carboxylic acid groups (broad SMARTS) is 1. The Morgan fingerprint density at radius 1 is 1.15 bits per heavy atom. The fourth-order valence-electron chi connectivity index (χ4n) is 4.28. The molecule has 0 aliphatic heterocycles. The van der Waals surface area contributed by atoms with Gasteiger partial charge in [-0.1, -0.05) is 57.5 Å². The van der Waals surface area contributed by atoms with Crippen molar-refractivity contribution in [1.82, 2.24) is 9.55 Å². The number of halogens is 2. The van der Waals surface area contributed by atoms with Crippen molar-refractivity contribution in [2.45, 2.75) is 46.8 Å². The predicted molar refractivity (Wildman–Crippen MR) is 150 cm³/mol.